The van der Waals surface area contributed by atoms with Crippen molar-refractivity contribution in [2.24, 2.45) is 0 Å². The van der Waals surface area contributed by atoms with Crippen LogP contribution in [0.15, 0.2) is 11.6 Å². The number of likely N-dealkylation sites (N-methyl/N-ethyl adjacent to an activating group) is 1. The fourth-order valence-corrected chi connectivity index (χ4v) is 0.864. The molecule has 76 valence electrons. The van der Waals surface area contributed by atoms with E-state index in [0.29, 0.717) is 6.54 Å². The molecule has 0 heterocycles. The average molecular weight is 185 g/mol. The molecule has 0 amide bonds. The van der Waals surface area contributed by atoms with Gasteiger partial charge < -0.3 is 4.74 Å². The first-order valence-corrected chi connectivity index (χ1v) is 4.52. The van der Waals surface area contributed by atoms with E-state index >= 15 is 0 Å². The summed E-state index contributed by atoms with van der Waals surface area (Å²) in [5, 5.41) is 0. The number of nitrogens with zero attached hydrogens (tertiary/aromatic N) is 1. The Hall–Kier alpha value is -0.830. The van der Waals surface area contributed by atoms with Gasteiger partial charge in [0, 0.05) is 6.54 Å². The van der Waals surface area contributed by atoms with Gasteiger partial charge in [0.05, 0.1) is 13.7 Å². The Labute approximate surface area is 80.4 Å². The zero-order valence-electron chi connectivity index (χ0n) is 8.96. The van der Waals surface area contributed by atoms with Crippen molar-refractivity contribution in [3.63, 3.8) is 0 Å². The second-order valence-corrected chi connectivity index (χ2v) is 3.19. The summed E-state index contributed by atoms with van der Waals surface area (Å²) < 4.78 is 4.59. The van der Waals surface area contributed by atoms with E-state index in [1.54, 1.807) is 0 Å². The van der Waals surface area contributed by atoms with Gasteiger partial charge in [-0.05, 0) is 20.4 Å². The Morgan fingerprint density at radius 2 is 2.08 bits per heavy atom. The van der Waals surface area contributed by atoms with E-state index in [1.165, 1.54) is 12.7 Å². The minimum absolute atomic E-state index is 0.177. The van der Waals surface area contributed by atoms with Gasteiger partial charge in [-0.25, -0.2) is 0 Å². The Balaban J connectivity index is 3.89. The highest BCUT2D eigenvalue weighted by atomic mass is 16.5. The Morgan fingerprint density at radius 3 is 2.46 bits per heavy atom. The standard InChI is InChI=1S/C10H19NO2/c1-5-11(7-6-9(2)3)8-10(12)13-4/h6H,5,7-8H2,1-4H3. The largest absolute Gasteiger partial charge is 0.468 e. The third-order valence-electron chi connectivity index (χ3n) is 1.79. The number of carbonyl (C=O) groups excluding carboxylic acids is 1. The highest BCUT2D eigenvalue weighted by molar-refractivity contribution is 5.71. The Bertz CT molecular complexity index is 183. The molecule has 13 heavy (non-hydrogen) atoms. The number of methoxy groups -OCH3 is 1. The van der Waals surface area contributed by atoms with Gasteiger partial charge in [-0.15, -0.1) is 0 Å². The first-order chi connectivity index (χ1) is 6.10. The van der Waals surface area contributed by atoms with Crippen LogP contribution in [0, 0.1) is 0 Å². The molecule has 0 aliphatic carbocycles. The molecule has 3 nitrogen and oxygen atoms in total. The molecular formula is C10H19NO2. The molecule has 0 unspecified atom stereocenters. The highest BCUT2D eigenvalue weighted by Gasteiger charge is 2.06. The number of allylic oxidation sites excluding steroid dienone is 1. The molecule has 0 aromatic rings. The number of carbonyl (C=O) groups is 1. The Kier molecular flexibility index (Phi) is 6.24. The lowest BCUT2D eigenvalue weighted by molar-refractivity contribution is -0.141. The molecule has 0 atom stereocenters. The molecule has 0 spiro atoms. The summed E-state index contributed by atoms with van der Waals surface area (Å²) in [5.74, 6) is -0.177. The van der Waals surface area contributed by atoms with Crippen molar-refractivity contribution in [3.05, 3.63) is 11.6 Å². The smallest absolute Gasteiger partial charge is 0.319 e. The third-order valence-corrected chi connectivity index (χ3v) is 1.79. The van der Waals surface area contributed by atoms with Crippen molar-refractivity contribution in [2.75, 3.05) is 26.7 Å². The predicted molar refractivity (Wildman–Crippen MR) is 53.6 cm³/mol. The van der Waals surface area contributed by atoms with E-state index in [2.05, 4.69) is 10.8 Å². The second kappa shape index (κ2) is 6.66. The molecule has 0 saturated heterocycles. The van der Waals surface area contributed by atoms with Crippen LogP contribution in [0.25, 0.3) is 0 Å². The molecule has 0 aliphatic heterocycles. The van der Waals surface area contributed by atoms with Crippen LogP contribution in [0.4, 0.5) is 0 Å². The molecule has 0 fully saturated rings. The molecule has 0 aromatic carbocycles. The fourth-order valence-electron chi connectivity index (χ4n) is 0.864. The van der Waals surface area contributed by atoms with Crippen LogP contribution in [0.2, 0.25) is 0 Å². The normalized spacial score (nSPS) is 9.92. The molecule has 0 aliphatic rings. The van der Waals surface area contributed by atoms with Crippen molar-refractivity contribution >= 4 is 5.97 Å². The van der Waals surface area contributed by atoms with Crippen LogP contribution in [0.1, 0.15) is 20.8 Å². The van der Waals surface area contributed by atoms with Gasteiger partial charge in [0.1, 0.15) is 0 Å². The van der Waals surface area contributed by atoms with Crippen molar-refractivity contribution in [3.8, 4) is 0 Å². The van der Waals surface area contributed by atoms with Gasteiger partial charge in [0.2, 0.25) is 0 Å². The molecule has 0 aromatic heterocycles. The first kappa shape index (κ1) is 12.2. The molecule has 0 saturated carbocycles. The topological polar surface area (TPSA) is 29.5 Å². The number of ether oxygens (including phenoxy) is 1. The summed E-state index contributed by atoms with van der Waals surface area (Å²) in [4.78, 5) is 13.0. The number of esters is 1. The lowest BCUT2D eigenvalue weighted by Crippen LogP contribution is -2.30. The number of rotatable bonds is 5. The average Bonchev–Trinajstić information content (AvgIpc) is 2.11. The lowest BCUT2D eigenvalue weighted by Gasteiger charge is -2.16. The highest BCUT2D eigenvalue weighted by Crippen LogP contribution is 1.94. The SMILES string of the molecule is CCN(CC=C(C)C)CC(=O)OC. The monoisotopic (exact) mass is 185 g/mol. The fraction of sp³-hybridized carbons (Fsp3) is 0.700. The van der Waals surface area contributed by atoms with Crippen LogP contribution < -0.4 is 0 Å². The summed E-state index contributed by atoms with van der Waals surface area (Å²) in [7, 11) is 1.41. The maximum Gasteiger partial charge on any atom is 0.319 e. The van der Waals surface area contributed by atoms with Gasteiger partial charge in [-0.3, -0.25) is 9.69 Å². The van der Waals surface area contributed by atoms with Crippen LogP contribution in [0.5, 0.6) is 0 Å². The summed E-state index contributed by atoms with van der Waals surface area (Å²) in [5.41, 5.74) is 1.27. The van der Waals surface area contributed by atoms with E-state index < -0.39 is 0 Å². The van der Waals surface area contributed by atoms with Crippen LogP contribution in [-0.2, 0) is 9.53 Å². The summed E-state index contributed by atoms with van der Waals surface area (Å²) in [6.07, 6.45) is 2.10. The van der Waals surface area contributed by atoms with Gasteiger partial charge in [0.15, 0.2) is 0 Å². The van der Waals surface area contributed by atoms with E-state index in [9.17, 15) is 4.79 Å². The van der Waals surface area contributed by atoms with Crippen LogP contribution in [-0.4, -0.2) is 37.6 Å². The zero-order valence-corrected chi connectivity index (χ0v) is 8.96. The van der Waals surface area contributed by atoms with Crippen molar-refractivity contribution in [2.45, 2.75) is 20.8 Å². The number of hydrogen-bond acceptors (Lipinski definition) is 3. The predicted octanol–water partition coefficient (Wildman–Crippen LogP) is 1.45. The van der Waals surface area contributed by atoms with E-state index in [0.717, 1.165) is 13.1 Å². The molecule has 3 heteroatoms. The van der Waals surface area contributed by atoms with Gasteiger partial charge in [-0.1, -0.05) is 18.6 Å². The third kappa shape index (κ3) is 6.34. The second-order valence-electron chi connectivity index (χ2n) is 3.19. The quantitative estimate of drug-likeness (QED) is 0.479. The van der Waals surface area contributed by atoms with Crippen molar-refractivity contribution < 1.29 is 9.53 Å². The first-order valence-electron chi connectivity index (χ1n) is 4.52. The summed E-state index contributed by atoms with van der Waals surface area (Å²) in [6, 6.07) is 0. The van der Waals surface area contributed by atoms with Crippen molar-refractivity contribution in [1.82, 2.24) is 4.90 Å². The molecule has 0 bridgehead atoms. The van der Waals surface area contributed by atoms with E-state index in [4.69, 9.17) is 0 Å². The van der Waals surface area contributed by atoms with Crippen molar-refractivity contribution in [1.29, 1.82) is 0 Å². The minimum atomic E-state index is -0.177. The van der Waals surface area contributed by atoms with Crippen LogP contribution in [0.3, 0.4) is 0 Å². The summed E-state index contributed by atoms with van der Waals surface area (Å²) >= 11 is 0. The molecular weight excluding hydrogens is 166 g/mol. The van der Waals surface area contributed by atoms with Gasteiger partial charge in [0.25, 0.3) is 0 Å². The van der Waals surface area contributed by atoms with Gasteiger partial charge in [-0.2, -0.15) is 0 Å². The summed E-state index contributed by atoms with van der Waals surface area (Å²) in [6.45, 7) is 8.17. The minimum Gasteiger partial charge on any atom is -0.468 e. The maximum atomic E-state index is 10.9. The van der Waals surface area contributed by atoms with E-state index in [-0.39, 0.29) is 5.97 Å². The van der Waals surface area contributed by atoms with Crippen LogP contribution >= 0.6 is 0 Å². The molecule has 0 N–H and O–H groups in total. The molecule has 0 radical (unpaired) electrons. The zero-order chi connectivity index (χ0) is 10.3. The number of hydrogen-bond donors (Lipinski definition) is 0. The maximum absolute atomic E-state index is 10.9. The van der Waals surface area contributed by atoms with E-state index in [1.807, 2.05) is 25.7 Å². The lowest BCUT2D eigenvalue weighted by atomic mass is 10.3. The Morgan fingerprint density at radius 1 is 1.46 bits per heavy atom. The molecule has 0 rings (SSSR count). The van der Waals surface area contributed by atoms with Gasteiger partial charge >= 0.3 is 5.97 Å².